The molecule has 0 aromatic carbocycles. The zero-order valence-electron chi connectivity index (χ0n) is 18.4. The van der Waals surface area contributed by atoms with Gasteiger partial charge in [-0.25, -0.2) is 4.98 Å². The second-order valence-corrected chi connectivity index (χ2v) is 9.94. The SMILES string of the molecule is Cn1nc2c(c1CN1CCC(Cn3cnc(C(C)(C)C)cc3=O)CC1)CCCC2. The van der Waals surface area contributed by atoms with E-state index in [1.54, 1.807) is 17.0 Å². The first-order valence-electron chi connectivity index (χ1n) is 11.1. The molecule has 1 aliphatic heterocycles. The summed E-state index contributed by atoms with van der Waals surface area (Å²) in [6.07, 6.45) is 8.92. The van der Waals surface area contributed by atoms with E-state index in [0.29, 0.717) is 5.92 Å². The van der Waals surface area contributed by atoms with Crippen molar-refractivity contribution < 1.29 is 0 Å². The molecule has 4 rings (SSSR count). The molecular formula is C23H35N5O. The maximum atomic E-state index is 12.5. The first-order valence-corrected chi connectivity index (χ1v) is 11.1. The molecule has 0 N–H and O–H groups in total. The van der Waals surface area contributed by atoms with Crippen LogP contribution in [0.1, 0.15) is 69.1 Å². The van der Waals surface area contributed by atoms with Crippen LogP contribution < -0.4 is 5.56 Å². The number of aryl methyl sites for hydroxylation is 2. The zero-order chi connectivity index (χ0) is 20.6. The van der Waals surface area contributed by atoms with Gasteiger partial charge in [0.15, 0.2) is 0 Å². The Bertz CT molecular complexity index is 912. The number of piperidine rings is 1. The second kappa shape index (κ2) is 8.05. The fourth-order valence-corrected chi connectivity index (χ4v) is 4.74. The molecule has 6 nitrogen and oxygen atoms in total. The zero-order valence-corrected chi connectivity index (χ0v) is 18.4. The summed E-state index contributed by atoms with van der Waals surface area (Å²) in [5, 5.41) is 4.77. The molecule has 3 heterocycles. The number of fused-ring (bicyclic) bond motifs is 1. The number of aromatic nitrogens is 4. The summed E-state index contributed by atoms with van der Waals surface area (Å²) in [6, 6.07) is 1.71. The van der Waals surface area contributed by atoms with Crippen LogP contribution in [0.2, 0.25) is 0 Å². The van der Waals surface area contributed by atoms with Crippen LogP contribution >= 0.6 is 0 Å². The number of hydrogen-bond donors (Lipinski definition) is 0. The van der Waals surface area contributed by atoms with Crippen molar-refractivity contribution in [3.63, 3.8) is 0 Å². The Hall–Kier alpha value is -1.95. The van der Waals surface area contributed by atoms with Crippen molar-refractivity contribution in [3.05, 3.63) is 45.4 Å². The third-order valence-electron chi connectivity index (χ3n) is 6.63. The van der Waals surface area contributed by atoms with Gasteiger partial charge in [-0.15, -0.1) is 0 Å². The molecule has 1 saturated heterocycles. The molecule has 6 heteroatoms. The topological polar surface area (TPSA) is 56.0 Å². The first kappa shape index (κ1) is 20.3. The van der Waals surface area contributed by atoms with Gasteiger partial charge in [0, 0.05) is 31.6 Å². The molecule has 0 radical (unpaired) electrons. The van der Waals surface area contributed by atoms with Gasteiger partial charge in [0.25, 0.3) is 5.56 Å². The predicted octanol–water partition coefficient (Wildman–Crippen LogP) is 3.07. The molecule has 0 spiro atoms. The van der Waals surface area contributed by atoms with Crippen LogP contribution in [0, 0.1) is 5.92 Å². The van der Waals surface area contributed by atoms with Crippen LogP contribution in [-0.4, -0.2) is 37.3 Å². The van der Waals surface area contributed by atoms with Gasteiger partial charge in [-0.1, -0.05) is 20.8 Å². The van der Waals surface area contributed by atoms with E-state index in [2.05, 4.69) is 42.4 Å². The molecular weight excluding hydrogens is 362 g/mol. The van der Waals surface area contributed by atoms with E-state index in [4.69, 9.17) is 5.10 Å². The highest BCUT2D eigenvalue weighted by atomic mass is 16.1. The normalized spacial score (nSPS) is 18.8. The third-order valence-corrected chi connectivity index (χ3v) is 6.63. The monoisotopic (exact) mass is 397 g/mol. The molecule has 2 aromatic heterocycles. The predicted molar refractivity (Wildman–Crippen MR) is 115 cm³/mol. The van der Waals surface area contributed by atoms with Gasteiger partial charge in [-0.2, -0.15) is 5.10 Å². The Morgan fingerprint density at radius 2 is 1.86 bits per heavy atom. The van der Waals surface area contributed by atoms with Crippen molar-refractivity contribution >= 4 is 0 Å². The van der Waals surface area contributed by atoms with Crippen molar-refractivity contribution in [3.8, 4) is 0 Å². The van der Waals surface area contributed by atoms with Gasteiger partial charge >= 0.3 is 0 Å². The van der Waals surface area contributed by atoms with Crippen LogP contribution in [0.15, 0.2) is 17.2 Å². The molecule has 29 heavy (non-hydrogen) atoms. The maximum absolute atomic E-state index is 12.5. The lowest BCUT2D eigenvalue weighted by molar-refractivity contribution is 0.162. The van der Waals surface area contributed by atoms with E-state index in [-0.39, 0.29) is 11.0 Å². The molecule has 0 saturated carbocycles. The summed E-state index contributed by atoms with van der Waals surface area (Å²) in [6.45, 7) is 10.2. The Labute approximate surface area is 173 Å². The fraction of sp³-hybridized carbons (Fsp3) is 0.696. The lowest BCUT2D eigenvalue weighted by Gasteiger charge is -2.32. The summed E-state index contributed by atoms with van der Waals surface area (Å²) in [5.41, 5.74) is 5.11. The Morgan fingerprint density at radius 3 is 2.55 bits per heavy atom. The minimum absolute atomic E-state index is 0.0777. The standard InChI is InChI=1S/C23H35N5O/c1-23(2,3)21-13-22(29)28(16-24-21)14-17-9-11-27(12-10-17)15-20-18-7-5-6-8-19(18)25-26(20)4/h13,16-17H,5-12,14-15H2,1-4H3. The largest absolute Gasteiger partial charge is 0.299 e. The highest BCUT2D eigenvalue weighted by molar-refractivity contribution is 5.28. The quantitative estimate of drug-likeness (QED) is 0.796. The van der Waals surface area contributed by atoms with Gasteiger partial charge < -0.3 is 0 Å². The van der Waals surface area contributed by atoms with Crippen molar-refractivity contribution in [2.24, 2.45) is 13.0 Å². The molecule has 1 fully saturated rings. The van der Waals surface area contributed by atoms with Gasteiger partial charge in [-0.3, -0.25) is 18.9 Å². The lowest BCUT2D eigenvalue weighted by Crippen LogP contribution is -2.36. The molecule has 158 valence electrons. The molecule has 0 bridgehead atoms. The van der Waals surface area contributed by atoms with E-state index in [1.165, 1.54) is 36.2 Å². The highest BCUT2D eigenvalue weighted by Gasteiger charge is 2.25. The number of hydrogen-bond acceptors (Lipinski definition) is 4. The van der Waals surface area contributed by atoms with E-state index >= 15 is 0 Å². The molecule has 2 aromatic rings. The molecule has 1 aliphatic carbocycles. The van der Waals surface area contributed by atoms with E-state index in [9.17, 15) is 4.79 Å². The van der Waals surface area contributed by atoms with Crippen molar-refractivity contribution in [1.29, 1.82) is 0 Å². The second-order valence-electron chi connectivity index (χ2n) is 9.94. The van der Waals surface area contributed by atoms with Crippen molar-refractivity contribution in [2.75, 3.05) is 13.1 Å². The van der Waals surface area contributed by atoms with Crippen LogP contribution in [0.4, 0.5) is 0 Å². The smallest absolute Gasteiger partial charge is 0.253 e. The van der Waals surface area contributed by atoms with E-state index < -0.39 is 0 Å². The molecule has 0 atom stereocenters. The van der Waals surface area contributed by atoms with Crippen molar-refractivity contribution in [2.45, 2.75) is 77.8 Å². The maximum Gasteiger partial charge on any atom is 0.253 e. The van der Waals surface area contributed by atoms with Crippen LogP contribution in [-0.2, 0) is 38.4 Å². The average Bonchev–Trinajstić information content (AvgIpc) is 2.99. The van der Waals surface area contributed by atoms with E-state index in [0.717, 1.165) is 51.1 Å². The summed E-state index contributed by atoms with van der Waals surface area (Å²) >= 11 is 0. The lowest BCUT2D eigenvalue weighted by atomic mass is 9.92. The molecule has 0 amide bonds. The minimum atomic E-state index is -0.0887. The minimum Gasteiger partial charge on any atom is -0.299 e. The van der Waals surface area contributed by atoms with Gasteiger partial charge in [0.1, 0.15) is 0 Å². The summed E-state index contributed by atoms with van der Waals surface area (Å²) < 4.78 is 3.91. The van der Waals surface area contributed by atoms with Gasteiger partial charge in [-0.05, 0) is 63.1 Å². The van der Waals surface area contributed by atoms with Gasteiger partial charge in [0.05, 0.1) is 23.4 Å². The molecule has 2 aliphatic rings. The third kappa shape index (κ3) is 4.47. The molecule has 0 unspecified atom stereocenters. The summed E-state index contributed by atoms with van der Waals surface area (Å²) in [4.78, 5) is 19.6. The Morgan fingerprint density at radius 1 is 1.14 bits per heavy atom. The average molecular weight is 398 g/mol. The Balaban J connectivity index is 1.35. The number of rotatable bonds is 4. The van der Waals surface area contributed by atoms with Crippen molar-refractivity contribution in [1.82, 2.24) is 24.2 Å². The summed E-state index contributed by atoms with van der Waals surface area (Å²) in [7, 11) is 2.10. The summed E-state index contributed by atoms with van der Waals surface area (Å²) in [5.74, 6) is 0.548. The van der Waals surface area contributed by atoms with Gasteiger partial charge in [0.2, 0.25) is 0 Å². The first-order chi connectivity index (χ1) is 13.8. The van der Waals surface area contributed by atoms with Crippen LogP contribution in [0.25, 0.3) is 0 Å². The Kier molecular flexibility index (Phi) is 5.65. The number of nitrogens with zero attached hydrogens (tertiary/aromatic N) is 5. The number of likely N-dealkylation sites (tertiary alicyclic amines) is 1. The highest BCUT2D eigenvalue weighted by Crippen LogP contribution is 2.26. The van der Waals surface area contributed by atoms with Crippen LogP contribution in [0.5, 0.6) is 0 Å². The van der Waals surface area contributed by atoms with E-state index in [1.807, 2.05) is 0 Å². The van der Waals surface area contributed by atoms with Crippen LogP contribution in [0.3, 0.4) is 0 Å². The fourth-order valence-electron chi connectivity index (χ4n) is 4.74.